The van der Waals surface area contributed by atoms with Crippen LogP contribution in [0, 0.1) is 23.2 Å². The molecule has 3 saturated carbocycles. The Hall–Kier alpha value is -0.830. The third kappa shape index (κ3) is 3.02. The van der Waals surface area contributed by atoms with Gasteiger partial charge in [0.1, 0.15) is 0 Å². The van der Waals surface area contributed by atoms with Crippen LogP contribution in [-0.2, 0) is 4.79 Å². The van der Waals surface area contributed by atoms with Gasteiger partial charge in [0.25, 0.3) is 0 Å². The van der Waals surface area contributed by atoms with Gasteiger partial charge in [0.15, 0.2) is 0 Å². The minimum absolute atomic E-state index is 0.268. The highest BCUT2D eigenvalue weighted by molar-refractivity contribution is 5.66. The zero-order valence-corrected chi connectivity index (χ0v) is 12.1. The Bertz CT molecular complexity index is 362. The second-order valence-corrected chi connectivity index (χ2v) is 6.92. The van der Waals surface area contributed by atoms with Gasteiger partial charge >= 0.3 is 5.97 Å². The van der Waals surface area contributed by atoms with E-state index in [2.05, 4.69) is 26.0 Å². The Kier molecular flexibility index (Phi) is 4.34. The van der Waals surface area contributed by atoms with Gasteiger partial charge in [0.05, 0.1) is 0 Å². The van der Waals surface area contributed by atoms with E-state index in [1.54, 1.807) is 0 Å². The second-order valence-electron chi connectivity index (χ2n) is 6.92. The summed E-state index contributed by atoms with van der Waals surface area (Å²) in [6, 6.07) is 0.362. The molecule has 3 rings (SSSR count). The van der Waals surface area contributed by atoms with Crippen LogP contribution in [0.25, 0.3) is 0 Å². The number of nitrogens with two attached hydrogens (primary N) is 1. The second kappa shape index (κ2) is 5.66. The van der Waals surface area contributed by atoms with E-state index in [1.807, 2.05) is 0 Å². The molecule has 0 radical (unpaired) electrons. The standard InChI is InChI=1S/C16H27NO2/c1-16(2)11-9-13(16)12(14(17)10-11)7-5-3-4-6-8-15(18)19/h3,5,11-14H,4,6-10,17H2,1-2H3,(H,18,19)/t11-,12+,13+,14-/m1/s1. The van der Waals surface area contributed by atoms with E-state index < -0.39 is 5.97 Å². The van der Waals surface area contributed by atoms with Gasteiger partial charge in [-0.25, -0.2) is 0 Å². The third-order valence-corrected chi connectivity index (χ3v) is 5.51. The van der Waals surface area contributed by atoms with Crippen LogP contribution in [0.15, 0.2) is 12.2 Å². The van der Waals surface area contributed by atoms with Gasteiger partial charge < -0.3 is 10.8 Å². The molecule has 0 saturated heterocycles. The number of rotatable bonds is 6. The van der Waals surface area contributed by atoms with Crippen LogP contribution in [0.2, 0.25) is 0 Å². The number of hydrogen-bond acceptors (Lipinski definition) is 2. The molecule has 19 heavy (non-hydrogen) atoms. The lowest BCUT2D eigenvalue weighted by Gasteiger charge is -2.62. The average molecular weight is 265 g/mol. The average Bonchev–Trinajstić information content (AvgIpc) is 2.34. The van der Waals surface area contributed by atoms with Crippen molar-refractivity contribution in [2.45, 2.75) is 58.4 Å². The molecule has 3 heteroatoms. The fourth-order valence-corrected chi connectivity index (χ4v) is 4.07. The Morgan fingerprint density at radius 2 is 2.11 bits per heavy atom. The maximum Gasteiger partial charge on any atom is 0.303 e. The van der Waals surface area contributed by atoms with E-state index in [1.165, 1.54) is 12.8 Å². The van der Waals surface area contributed by atoms with E-state index >= 15 is 0 Å². The fraction of sp³-hybridized carbons (Fsp3) is 0.812. The van der Waals surface area contributed by atoms with Crippen LogP contribution >= 0.6 is 0 Å². The largest absolute Gasteiger partial charge is 0.481 e. The van der Waals surface area contributed by atoms with Crippen LogP contribution in [0.5, 0.6) is 0 Å². The molecule has 0 spiro atoms. The minimum atomic E-state index is -0.704. The number of allylic oxidation sites excluding steroid dienone is 2. The van der Waals surface area contributed by atoms with Gasteiger partial charge in [-0.3, -0.25) is 4.79 Å². The molecule has 108 valence electrons. The van der Waals surface area contributed by atoms with Crippen LogP contribution < -0.4 is 5.73 Å². The van der Waals surface area contributed by atoms with Gasteiger partial charge in [0.2, 0.25) is 0 Å². The normalized spacial score (nSPS) is 36.2. The van der Waals surface area contributed by atoms with Crippen LogP contribution in [0.1, 0.15) is 52.4 Å². The first-order valence-corrected chi connectivity index (χ1v) is 7.55. The monoisotopic (exact) mass is 265 g/mol. The number of hydrogen-bond donors (Lipinski definition) is 2. The smallest absolute Gasteiger partial charge is 0.303 e. The highest BCUT2D eigenvalue weighted by atomic mass is 16.4. The molecule has 0 unspecified atom stereocenters. The van der Waals surface area contributed by atoms with Crippen molar-refractivity contribution >= 4 is 5.97 Å². The number of carboxylic acid groups (broad SMARTS) is 1. The summed E-state index contributed by atoms with van der Waals surface area (Å²) in [5, 5.41) is 8.57. The number of aliphatic carboxylic acids is 1. The topological polar surface area (TPSA) is 63.3 Å². The Balaban J connectivity index is 1.75. The van der Waals surface area contributed by atoms with Gasteiger partial charge in [-0.05, 0) is 55.3 Å². The molecule has 0 aromatic rings. The molecule has 3 fully saturated rings. The number of carboxylic acids is 1. The number of fused-ring (bicyclic) bond motifs is 2. The van der Waals surface area contributed by atoms with Crippen LogP contribution in [0.3, 0.4) is 0 Å². The maximum atomic E-state index is 10.4. The third-order valence-electron chi connectivity index (χ3n) is 5.51. The number of carbonyl (C=O) groups is 1. The van der Waals surface area contributed by atoms with E-state index in [9.17, 15) is 4.79 Å². The summed E-state index contributed by atoms with van der Waals surface area (Å²) >= 11 is 0. The summed E-state index contributed by atoms with van der Waals surface area (Å²) in [6.07, 6.45) is 9.83. The molecule has 4 atom stereocenters. The fourth-order valence-electron chi connectivity index (χ4n) is 4.07. The van der Waals surface area contributed by atoms with Crippen molar-refractivity contribution in [2.24, 2.45) is 28.9 Å². The van der Waals surface area contributed by atoms with E-state index in [4.69, 9.17) is 10.8 Å². The first-order chi connectivity index (χ1) is 8.93. The van der Waals surface area contributed by atoms with Gasteiger partial charge in [-0.15, -0.1) is 0 Å². The van der Waals surface area contributed by atoms with E-state index in [0.29, 0.717) is 17.4 Å². The molecule has 0 amide bonds. The molecular weight excluding hydrogens is 238 g/mol. The lowest BCUT2D eigenvalue weighted by atomic mass is 9.44. The summed E-state index contributed by atoms with van der Waals surface area (Å²) in [4.78, 5) is 10.4. The van der Waals surface area contributed by atoms with E-state index in [0.717, 1.165) is 31.1 Å². The molecule has 3 aliphatic rings. The Morgan fingerprint density at radius 1 is 1.37 bits per heavy atom. The molecule has 3 aliphatic carbocycles. The minimum Gasteiger partial charge on any atom is -0.481 e. The van der Waals surface area contributed by atoms with Crippen molar-refractivity contribution in [3.63, 3.8) is 0 Å². The summed E-state index contributed by atoms with van der Waals surface area (Å²) in [5.41, 5.74) is 6.77. The zero-order chi connectivity index (χ0) is 14.0. The van der Waals surface area contributed by atoms with Crippen molar-refractivity contribution in [3.8, 4) is 0 Å². The van der Waals surface area contributed by atoms with Gasteiger partial charge in [-0.1, -0.05) is 26.0 Å². The summed E-state index contributed by atoms with van der Waals surface area (Å²) < 4.78 is 0. The lowest BCUT2D eigenvalue weighted by Crippen LogP contribution is -2.59. The first-order valence-electron chi connectivity index (χ1n) is 7.55. The van der Waals surface area contributed by atoms with Crippen LogP contribution in [-0.4, -0.2) is 17.1 Å². The molecule has 3 nitrogen and oxygen atoms in total. The molecule has 0 aliphatic heterocycles. The quantitative estimate of drug-likeness (QED) is 0.572. The lowest BCUT2D eigenvalue weighted by molar-refractivity contribution is -0.137. The molecular formula is C16H27NO2. The van der Waals surface area contributed by atoms with E-state index in [-0.39, 0.29) is 6.42 Å². The predicted octanol–water partition coefficient (Wildman–Crippen LogP) is 3.20. The van der Waals surface area contributed by atoms with Gasteiger partial charge in [0, 0.05) is 12.5 Å². The van der Waals surface area contributed by atoms with Gasteiger partial charge in [-0.2, -0.15) is 0 Å². The predicted molar refractivity (Wildman–Crippen MR) is 76.7 cm³/mol. The maximum absolute atomic E-state index is 10.4. The molecule has 2 bridgehead atoms. The Labute approximate surface area is 116 Å². The van der Waals surface area contributed by atoms with Crippen molar-refractivity contribution in [1.82, 2.24) is 0 Å². The molecule has 0 aromatic carbocycles. The molecule has 0 heterocycles. The van der Waals surface area contributed by atoms with Crippen LogP contribution in [0.4, 0.5) is 0 Å². The SMILES string of the molecule is CC1(C)[C@H]2C[C@@H](N)[C@@H](CC=CCCCC(=O)O)[C@@H]1C2. The Morgan fingerprint density at radius 3 is 2.74 bits per heavy atom. The van der Waals surface area contributed by atoms with Crippen molar-refractivity contribution in [3.05, 3.63) is 12.2 Å². The first kappa shape index (κ1) is 14.6. The van der Waals surface area contributed by atoms with Crippen molar-refractivity contribution < 1.29 is 9.90 Å². The highest BCUT2D eigenvalue weighted by Crippen LogP contribution is 2.61. The summed E-state index contributed by atoms with van der Waals surface area (Å²) in [7, 11) is 0. The highest BCUT2D eigenvalue weighted by Gasteiger charge is 2.56. The summed E-state index contributed by atoms with van der Waals surface area (Å²) in [6.45, 7) is 4.78. The summed E-state index contributed by atoms with van der Waals surface area (Å²) in [5.74, 6) is 1.54. The van der Waals surface area contributed by atoms with Crippen molar-refractivity contribution in [2.75, 3.05) is 0 Å². The molecule has 3 N–H and O–H groups in total. The van der Waals surface area contributed by atoms with Crippen molar-refractivity contribution in [1.29, 1.82) is 0 Å². The zero-order valence-electron chi connectivity index (χ0n) is 12.1. The number of unbranched alkanes of at least 4 members (excludes halogenated alkanes) is 1. The molecule has 0 aromatic heterocycles.